The number of hydrogen-bond donors (Lipinski definition) is 1. The monoisotopic (exact) mass is 278 g/mol. The molecule has 1 fully saturated rings. The lowest BCUT2D eigenvalue weighted by atomic mass is 9.97. The summed E-state index contributed by atoms with van der Waals surface area (Å²) in [5.41, 5.74) is 0. The van der Waals surface area contributed by atoms with Gasteiger partial charge in [-0.3, -0.25) is 4.90 Å². The zero-order valence-corrected chi connectivity index (χ0v) is 12.6. The third kappa shape index (κ3) is 2.49. The van der Waals surface area contributed by atoms with E-state index in [4.69, 9.17) is 0 Å². The highest BCUT2D eigenvalue weighted by molar-refractivity contribution is 5.06. The number of aliphatic hydroxyl groups excluding tert-OH is 1. The summed E-state index contributed by atoms with van der Waals surface area (Å²) in [6.45, 7) is 6.85. The van der Waals surface area contributed by atoms with Crippen molar-refractivity contribution in [1.82, 2.24) is 19.7 Å². The molecule has 3 heterocycles. The summed E-state index contributed by atoms with van der Waals surface area (Å²) in [7, 11) is 0. The van der Waals surface area contributed by atoms with Crippen LogP contribution in [0.25, 0.3) is 0 Å². The highest BCUT2D eigenvalue weighted by Crippen LogP contribution is 2.33. The Kier molecular flexibility index (Phi) is 4.08. The number of piperidine rings is 1. The molecule has 1 N–H and O–H groups in total. The third-order valence-corrected chi connectivity index (χ3v) is 4.84. The molecular weight excluding hydrogens is 252 g/mol. The summed E-state index contributed by atoms with van der Waals surface area (Å²) in [4.78, 5) is 2.56. The van der Waals surface area contributed by atoms with Gasteiger partial charge in [0.2, 0.25) is 0 Å². The fraction of sp³-hybridized carbons (Fsp3) is 0.867. The van der Waals surface area contributed by atoms with E-state index in [1.807, 2.05) is 0 Å². The molecule has 2 aliphatic heterocycles. The van der Waals surface area contributed by atoms with Crippen LogP contribution in [0.3, 0.4) is 0 Å². The summed E-state index contributed by atoms with van der Waals surface area (Å²) in [6, 6.07) is 0.952. The standard InChI is InChI=1S/C15H26N4O/c1-11(2)18-8-4-3-5-13(18)15-17-16-14-7-6-12(10-20)9-19(14)15/h11-13,20H,3-10H2,1-2H3. The quantitative estimate of drug-likeness (QED) is 0.915. The van der Waals surface area contributed by atoms with Gasteiger partial charge in [-0.05, 0) is 39.7 Å². The van der Waals surface area contributed by atoms with Crippen molar-refractivity contribution in [3.05, 3.63) is 11.6 Å². The maximum atomic E-state index is 9.43. The molecule has 0 aromatic carbocycles. The van der Waals surface area contributed by atoms with Crippen molar-refractivity contribution in [3.63, 3.8) is 0 Å². The van der Waals surface area contributed by atoms with Gasteiger partial charge in [-0.2, -0.15) is 0 Å². The minimum absolute atomic E-state index is 0.273. The lowest BCUT2D eigenvalue weighted by Gasteiger charge is -2.38. The van der Waals surface area contributed by atoms with E-state index in [1.165, 1.54) is 19.3 Å². The van der Waals surface area contributed by atoms with Crippen molar-refractivity contribution in [2.75, 3.05) is 13.2 Å². The van der Waals surface area contributed by atoms with E-state index in [1.54, 1.807) is 0 Å². The minimum atomic E-state index is 0.273. The van der Waals surface area contributed by atoms with Crippen LogP contribution in [-0.2, 0) is 13.0 Å². The van der Waals surface area contributed by atoms with Gasteiger partial charge in [0.25, 0.3) is 0 Å². The van der Waals surface area contributed by atoms with Crippen LogP contribution in [-0.4, -0.2) is 44.0 Å². The molecule has 112 valence electrons. The van der Waals surface area contributed by atoms with E-state index >= 15 is 0 Å². The highest BCUT2D eigenvalue weighted by Gasteiger charge is 2.32. The first-order chi connectivity index (χ1) is 9.70. The first-order valence-electron chi connectivity index (χ1n) is 7.99. The van der Waals surface area contributed by atoms with Gasteiger partial charge in [0.05, 0.1) is 6.04 Å². The number of likely N-dealkylation sites (tertiary alicyclic amines) is 1. The Morgan fingerprint density at radius 2 is 2.10 bits per heavy atom. The van der Waals surface area contributed by atoms with Crippen molar-refractivity contribution in [1.29, 1.82) is 0 Å². The highest BCUT2D eigenvalue weighted by atomic mass is 16.3. The zero-order valence-electron chi connectivity index (χ0n) is 12.6. The summed E-state index contributed by atoms with van der Waals surface area (Å²) in [6.07, 6.45) is 5.73. The maximum absolute atomic E-state index is 9.43. The zero-order chi connectivity index (χ0) is 14.1. The molecule has 5 nitrogen and oxygen atoms in total. The molecule has 0 aliphatic carbocycles. The average Bonchev–Trinajstić information content (AvgIpc) is 2.89. The van der Waals surface area contributed by atoms with E-state index in [-0.39, 0.29) is 6.61 Å². The molecule has 2 aliphatic rings. The fourth-order valence-electron chi connectivity index (χ4n) is 3.66. The van der Waals surface area contributed by atoms with Gasteiger partial charge >= 0.3 is 0 Å². The molecule has 1 saturated heterocycles. The second-order valence-corrected chi connectivity index (χ2v) is 6.52. The molecule has 2 atom stereocenters. The molecule has 20 heavy (non-hydrogen) atoms. The molecule has 2 unspecified atom stereocenters. The summed E-state index contributed by atoms with van der Waals surface area (Å²) < 4.78 is 2.29. The molecule has 3 rings (SSSR count). The van der Waals surface area contributed by atoms with Crippen LogP contribution in [0.2, 0.25) is 0 Å². The summed E-state index contributed by atoms with van der Waals surface area (Å²) in [5, 5.41) is 18.3. The topological polar surface area (TPSA) is 54.2 Å². The maximum Gasteiger partial charge on any atom is 0.150 e. The largest absolute Gasteiger partial charge is 0.396 e. The lowest BCUT2D eigenvalue weighted by molar-refractivity contribution is 0.0999. The SMILES string of the molecule is CC(C)N1CCCCC1c1nnc2n1CC(CO)CC2. The van der Waals surface area contributed by atoms with Crippen LogP contribution in [0.4, 0.5) is 0 Å². The Labute approximate surface area is 121 Å². The van der Waals surface area contributed by atoms with Crippen LogP contribution in [0.15, 0.2) is 0 Å². The van der Waals surface area contributed by atoms with Crippen molar-refractivity contribution in [2.45, 2.75) is 64.6 Å². The molecule has 0 bridgehead atoms. The van der Waals surface area contributed by atoms with Crippen LogP contribution >= 0.6 is 0 Å². The van der Waals surface area contributed by atoms with Crippen LogP contribution in [0.5, 0.6) is 0 Å². The van der Waals surface area contributed by atoms with Crippen LogP contribution in [0, 0.1) is 5.92 Å². The molecule has 1 aromatic heterocycles. The molecule has 1 aromatic rings. The fourth-order valence-corrected chi connectivity index (χ4v) is 3.66. The normalized spacial score (nSPS) is 27.8. The number of aryl methyl sites for hydroxylation is 1. The van der Waals surface area contributed by atoms with E-state index in [9.17, 15) is 5.11 Å². The molecule has 0 saturated carbocycles. The molecular formula is C15H26N4O. The van der Waals surface area contributed by atoms with Gasteiger partial charge in [0.15, 0.2) is 0 Å². The van der Waals surface area contributed by atoms with Crippen molar-refractivity contribution in [2.24, 2.45) is 5.92 Å². The molecule has 0 amide bonds. The first kappa shape index (κ1) is 14.0. The van der Waals surface area contributed by atoms with Gasteiger partial charge in [-0.15, -0.1) is 10.2 Å². The Hall–Kier alpha value is -0.940. The van der Waals surface area contributed by atoms with Crippen molar-refractivity contribution >= 4 is 0 Å². The third-order valence-electron chi connectivity index (χ3n) is 4.84. The van der Waals surface area contributed by atoms with E-state index in [2.05, 4.69) is 33.5 Å². The predicted octanol–water partition coefficient (Wildman–Crippen LogP) is 1.77. The smallest absolute Gasteiger partial charge is 0.150 e. The first-order valence-corrected chi connectivity index (χ1v) is 7.99. The van der Waals surface area contributed by atoms with Crippen molar-refractivity contribution in [3.8, 4) is 0 Å². The van der Waals surface area contributed by atoms with Gasteiger partial charge in [-0.1, -0.05) is 6.42 Å². The van der Waals surface area contributed by atoms with Crippen LogP contribution in [0.1, 0.15) is 57.2 Å². The van der Waals surface area contributed by atoms with Gasteiger partial charge < -0.3 is 9.67 Å². The molecule has 5 heteroatoms. The summed E-state index contributed by atoms with van der Waals surface area (Å²) >= 11 is 0. The Bertz CT molecular complexity index is 457. The van der Waals surface area contributed by atoms with E-state index in [0.29, 0.717) is 18.0 Å². The molecule has 0 radical (unpaired) electrons. The van der Waals surface area contributed by atoms with Gasteiger partial charge in [-0.25, -0.2) is 0 Å². The number of nitrogens with zero attached hydrogens (tertiary/aromatic N) is 4. The van der Waals surface area contributed by atoms with Crippen LogP contribution < -0.4 is 0 Å². The predicted molar refractivity (Wildman–Crippen MR) is 77.4 cm³/mol. The Morgan fingerprint density at radius 1 is 1.25 bits per heavy atom. The van der Waals surface area contributed by atoms with Gasteiger partial charge in [0, 0.05) is 31.5 Å². The Balaban J connectivity index is 1.88. The number of hydrogen-bond acceptors (Lipinski definition) is 4. The number of aliphatic hydroxyl groups is 1. The summed E-state index contributed by atoms with van der Waals surface area (Å²) in [5.74, 6) is 2.61. The lowest BCUT2D eigenvalue weighted by Crippen LogP contribution is -2.40. The van der Waals surface area contributed by atoms with Gasteiger partial charge in [0.1, 0.15) is 11.6 Å². The number of aromatic nitrogens is 3. The molecule has 0 spiro atoms. The number of rotatable bonds is 3. The average molecular weight is 278 g/mol. The number of fused-ring (bicyclic) bond motifs is 1. The minimum Gasteiger partial charge on any atom is -0.396 e. The van der Waals surface area contributed by atoms with E-state index < -0.39 is 0 Å². The van der Waals surface area contributed by atoms with Crippen molar-refractivity contribution < 1.29 is 5.11 Å². The second kappa shape index (κ2) is 5.82. The van der Waals surface area contributed by atoms with E-state index in [0.717, 1.165) is 37.6 Å². The Morgan fingerprint density at radius 3 is 2.85 bits per heavy atom. The second-order valence-electron chi connectivity index (χ2n) is 6.52.